The van der Waals surface area contributed by atoms with Gasteiger partial charge < -0.3 is 10.2 Å². The first-order chi connectivity index (χ1) is 15.4. The van der Waals surface area contributed by atoms with Crippen LogP contribution in [0.15, 0.2) is 71.2 Å². The predicted octanol–water partition coefficient (Wildman–Crippen LogP) is 5.87. The van der Waals surface area contributed by atoms with Crippen LogP contribution in [0.3, 0.4) is 0 Å². The lowest BCUT2D eigenvalue weighted by atomic mass is 10.0. The van der Waals surface area contributed by atoms with Crippen LogP contribution >= 0.6 is 15.9 Å². The molecule has 0 aromatic heterocycles. The van der Waals surface area contributed by atoms with Crippen molar-refractivity contribution >= 4 is 38.5 Å². The van der Waals surface area contributed by atoms with Gasteiger partial charge in [-0.2, -0.15) is 0 Å². The zero-order valence-corrected chi connectivity index (χ0v) is 20.6. The van der Waals surface area contributed by atoms with Gasteiger partial charge in [0, 0.05) is 23.5 Å². The molecule has 0 aliphatic heterocycles. The van der Waals surface area contributed by atoms with Gasteiger partial charge in [-0.3, -0.25) is 9.59 Å². The number of benzene rings is 3. The largest absolute Gasteiger partial charge is 0.352 e. The Morgan fingerprint density at radius 3 is 2.47 bits per heavy atom. The molecule has 0 unspecified atom stereocenters. The van der Waals surface area contributed by atoms with E-state index in [-0.39, 0.29) is 17.9 Å². The predicted molar refractivity (Wildman–Crippen MR) is 134 cm³/mol. The SMILES string of the molecule is CC[C@@H](C)NC(=O)[C@H](C)N(Cc1cccc(Br)c1)C(=O)CCc1cccc2ccccc12. The van der Waals surface area contributed by atoms with Crippen LogP contribution in [0.5, 0.6) is 0 Å². The number of carbonyl (C=O) groups is 2. The maximum absolute atomic E-state index is 13.4. The molecule has 0 saturated heterocycles. The van der Waals surface area contributed by atoms with E-state index in [0.29, 0.717) is 19.4 Å². The molecular formula is C27H31BrN2O2. The number of rotatable bonds is 9. The average molecular weight is 495 g/mol. The molecule has 3 rings (SSSR count). The van der Waals surface area contributed by atoms with Gasteiger partial charge in [-0.05, 0) is 60.7 Å². The third-order valence-electron chi connectivity index (χ3n) is 5.90. The summed E-state index contributed by atoms with van der Waals surface area (Å²) in [6.45, 7) is 6.21. The molecule has 0 aliphatic rings. The second kappa shape index (κ2) is 11.3. The summed E-state index contributed by atoms with van der Waals surface area (Å²) in [5.74, 6) is -0.141. The van der Waals surface area contributed by atoms with E-state index in [4.69, 9.17) is 0 Å². The van der Waals surface area contributed by atoms with Crippen LogP contribution in [-0.4, -0.2) is 28.8 Å². The van der Waals surface area contributed by atoms with E-state index in [0.717, 1.165) is 22.0 Å². The molecule has 0 radical (unpaired) electrons. The Labute approximate surface area is 199 Å². The van der Waals surface area contributed by atoms with Crippen LogP contribution in [0.25, 0.3) is 10.8 Å². The smallest absolute Gasteiger partial charge is 0.242 e. The second-order valence-electron chi connectivity index (χ2n) is 8.28. The lowest BCUT2D eigenvalue weighted by Gasteiger charge is -2.30. The summed E-state index contributed by atoms with van der Waals surface area (Å²) in [5, 5.41) is 5.36. The van der Waals surface area contributed by atoms with Crippen LogP contribution in [0.2, 0.25) is 0 Å². The van der Waals surface area contributed by atoms with E-state index in [1.807, 2.05) is 63.2 Å². The summed E-state index contributed by atoms with van der Waals surface area (Å²) < 4.78 is 0.954. The van der Waals surface area contributed by atoms with E-state index in [2.05, 4.69) is 45.5 Å². The van der Waals surface area contributed by atoms with E-state index in [1.54, 1.807) is 4.90 Å². The third kappa shape index (κ3) is 6.19. The summed E-state index contributed by atoms with van der Waals surface area (Å²) in [5.41, 5.74) is 2.14. The highest BCUT2D eigenvalue weighted by Crippen LogP contribution is 2.21. The first-order valence-electron chi connectivity index (χ1n) is 11.2. The number of nitrogens with zero attached hydrogens (tertiary/aromatic N) is 1. The highest BCUT2D eigenvalue weighted by Gasteiger charge is 2.26. The summed E-state index contributed by atoms with van der Waals surface area (Å²) in [7, 11) is 0. The molecule has 3 aromatic carbocycles. The lowest BCUT2D eigenvalue weighted by Crippen LogP contribution is -2.49. The van der Waals surface area contributed by atoms with Crippen LogP contribution in [0, 0.1) is 0 Å². The number of amides is 2. The molecule has 5 heteroatoms. The van der Waals surface area contributed by atoms with Crippen molar-refractivity contribution < 1.29 is 9.59 Å². The van der Waals surface area contributed by atoms with E-state index < -0.39 is 6.04 Å². The van der Waals surface area contributed by atoms with Crippen LogP contribution in [0.4, 0.5) is 0 Å². The van der Waals surface area contributed by atoms with Gasteiger partial charge >= 0.3 is 0 Å². The monoisotopic (exact) mass is 494 g/mol. The standard InChI is InChI=1S/C27H31BrN2O2/c1-4-19(2)29-27(32)20(3)30(18-21-9-7-13-24(28)17-21)26(31)16-15-23-12-8-11-22-10-5-6-14-25(22)23/h5-14,17,19-20H,4,15-16,18H2,1-3H3,(H,29,32)/t19-,20+/m1/s1. The van der Waals surface area contributed by atoms with Crippen molar-refractivity contribution in [1.29, 1.82) is 0 Å². The summed E-state index contributed by atoms with van der Waals surface area (Å²) >= 11 is 3.50. The number of hydrogen-bond acceptors (Lipinski definition) is 2. The highest BCUT2D eigenvalue weighted by atomic mass is 79.9. The molecule has 32 heavy (non-hydrogen) atoms. The average Bonchev–Trinajstić information content (AvgIpc) is 2.80. The van der Waals surface area contributed by atoms with Crippen LogP contribution in [-0.2, 0) is 22.6 Å². The van der Waals surface area contributed by atoms with Crippen LogP contribution < -0.4 is 5.32 Å². The van der Waals surface area contributed by atoms with Crippen molar-refractivity contribution in [3.05, 3.63) is 82.3 Å². The van der Waals surface area contributed by atoms with Crippen molar-refractivity contribution in [3.8, 4) is 0 Å². The molecule has 0 fully saturated rings. The molecule has 0 aliphatic carbocycles. The fraction of sp³-hybridized carbons (Fsp3) is 0.333. The maximum atomic E-state index is 13.4. The van der Waals surface area contributed by atoms with Crippen LogP contribution in [0.1, 0.15) is 44.7 Å². The molecule has 0 heterocycles. The van der Waals surface area contributed by atoms with Gasteiger partial charge in [0.1, 0.15) is 6.04 Å². The summed E-state index contributed by atoms with van der Waals surface area (Å²) in [4.78, 5) is 27.9. The molecule has 168 valence electrons. The molecule has 3 aromatic rings. The first kappa shape index (κ1) is 24.0. The topological polar surface area (TPSA) is 49.4 Å². The Balaban J connectivity index is 1.79. The summed E-state index contributed by atoms with van der Waals surface area (Å²) in [6, 6.07) is 21.8. The zero-order valence-electron chi connectivity index (χ0n) is 19.0. The molecule has 0 spiro atoms. The first-order valence-corrected chi connectivity index (χ1v) is 12.0. The van der Waals surface area contributed by atoms with E-state index in [1.165, 1.54) is 10.8 Å². The number of hydrogen-bond donors (Lipinski definition) is 1. The number of nitrogens with one attached hydrogen (secondary N) is 1. The fourth-order valence-electron chi connectivity index (χ4n) is 3.78. The minimum absolute atomic E-state index is 0.0234. The number of fused-ring (bicyclic) bond motifs is 1. The Bertz CT molecular complexity index is 1080. The van der Waals surface area contributed by atoms with Gasteiger partial charge in [0.2, 0.25) is 11.8 Å². The Morgan fingerprint density at radius 2 is 1.72 bits per heavy atom. The lowest BCUT2D eigenvalue weighted by molar-refractivity contribution is -0.140. The van der Waals surface area contributed by atoms with Gasteiger partial charge in [0.15, 0.2) is 0 Å². The highest BCUT2D eigenvalue weighted by molar-refractivity contribution is 9.10. The quantitative estimate of drug-likeness (QED) is 0.404. The molecule has 4 nitrogen and oxygen atoms in total. The Hall–Kier alpha value is -2.66. The van der Waals surface area contributed by atoms with Crippen molar-refractivity contribution in [3.63, 3.8) is 0 Å². The van der Waals surface area contributed by atoms with Gasteiger partial charge in [-0.25, -0.2) is 0 Å². The minimum Gasteiger partial charge on any atom is -0.352 e. The van der Waals surface area contributed by atoms with E-state index in [9.17, 15) is 9.59 Å². The molecular weight excluding hydrogens is 464 g/mol. The number of halogens is 1. The van der Waals surface area contributed by atoms with Gasteiger partial charge in [0.25, 0.3) is 0 Å². The van der Waals surface area contributed by atoms with Gasteiger partial charge in [-0.15, -0.1) is 0 Å². The maximum Gasteiger partial charge on any atom is 0.242 e. The number of carbonyl (C=O) groups excluding carboxylic acids is 2. The number of aryl methyl sites for hydroxylation is 1. The third-order valence-corrected chi connectivity index (χ3v) is 6.39. The fourth-order valence-corrected chi connectivity index (χ4v) is 4.22. The Morgan fingerprint density at radius 1 is 1.00 bits per heavy atom. The van der Waals surface area contributed by atoms with Crippen molar-refractivity contribution in [2.75, 3.05) is 0 Å². The Kier molecular flexibility index (Phi) is 8.46. The molecule has 0 saturated carbocycles. The zero-order chi connectivity index (χ0) is 23.1. The normalized spacial score (nSPS) is 12.9. The van der Waals surface area contributed by atoms with Crippen molar-refractivity contribution in [2.24, 2.45) is 0 Å². The molecule has 0 bridgehead atoms. The molecule has 2 amide bonds. The van der Waals surface area contributed by atoms with Crippen molar-refractivity contribution in [2.45, 2.75) is 58.7 Å². The van der Waals surface area contributed by atoms with Gasteiger partial charge in [0.05, 0.1) is 0 Å². The van der Waals surface area contributed by atoms with Gasteiger partial charge in [-0.1, -0.05) is 77.5 Å². The molecule has 2 atom stereocenters. The summed E-state index contributed by atoms with van der Waals surface area (Å²) in [6.07, 6.45) is 1.83. The van der Waals surface area contributed by atoms with E-state index >= 15 is 0 Å². The van der Waals surface area contributed by atoms with Crippen molar-refractivity contribution in [1.82, 2.24) is 10.2 Å². The minimum atomic E-state index is -0.553. The second-order valence-corrected chi connectivity index (χ2v) is 9.20. The molecule has 1 N–H and O–H groups in total.